The van der Waals surface area contributed by atoms with Crippen molar-refractivity contribution in [3.8, 4) is 5.75 Å². The molecule has 6 heteroatoms. The SMILES string of the molecule is O=[N+]([O-])c1nc(COc2ccccc2)c[nH]1. The van der Waals surface area contributed by atoms with Gasteiger partial charge in [0.15, 0.2) is 5.69 Å². The molecule has 0 aliphatic heterocycles. The Balaban J connectivity index is 1.97. The van der Waals surface area contributed by atoms with Crippen LogP contribution in [0, 0.1) is 10.1 Å². The molecule has 0 bridgehead atoms. The summed E-state index contributed by atoms with van der Waals surface area (Å²) >= 11 is 0. The summed E-state index contributed by atoms with van der Waals surface area (Å²) in [6.07, 6.45) is 1.46. The first-order valence-corrected chi connectivity index (χ1v) is 4.62. The number of H-pyrrole nitrogens is 1. The number of hydrogen-bond acceptors (Lipinski definition) is 4. The fourth-order valence-corrected chi connectivity index (χ4v) is 1.19. The summed E-state index contributed by atoms with van der Waals surface area (Å²) in [5, 5.41) is 10.4. The van der Waals surface area contributed by atoms with Crippen LogP contribution in [-0.4, -0.2) is 14.9 Å². The molecule has 0 spiro atoms. The highest BCUT2D eigenvalue weighted by Crippen LogP contribution is 2.12. The number of ether oxygens (including phenoxy) is 1. The van der Waals surface area contributed by atoms with E-state index >= 15 is 0 Å². The van der Waals surface area contributed by atoms with Crippen molar-refractivity contribution in [1.82, 2.24) is 9.97 Å². The Hall–Kier alpha value is -2.37. The summed E-state index contributed by atoms with van der Waals surface area (Å²) in [6.45, 7) is 0.203. The van der Waals surface area contributed by atoms with E-state index in [0.29, 0.717) is 11.4 Å². The first-order valence-electron chi connectivity index (χ1n) is 4.62. The van der Waals surface area contributed by atoms with Crippen LogP contribution in [0.15, 0.2) is 36.5 Å². The number of benzene rings is 1. The highest BCUT2D eigenvalue weighted by molar-refractivity contribution is 5.21. The van der Waals surface area contributed by atoms with Crippen molar-refractivity contribution < 1.29 is 9.66 Å². The fourth-order valence-electron chi connectivity index (χ4n) is 1.19. The number of nitrogens with zero attached hydrogens (tertiary/aromatic N) is 2. The largest absolute Gasteiger partial charge is 0.486 e. The first-order chi connectivity index (χ1) is 7.75. The summed E-state index contributed by atoms with van der Waals surface area (Å²) in [4.78, 5) is 16.0. The van der Waals surface area contributed by atoms with E-state index in [2.05, 4.69) is 9.97 Å². The number of nitro groups is 1. The van der Waals surface area contributed by atoms with Crippen LogP contribution in [0.4, 0.5) is 5.95 Å². The maximum Gasteiger partial charge on any atom is 0.432 e. The molecule has 2 rings (SSSR count). The molecule has 0 saturated carbocycles. The van der Waals surface area contributed by atoms with Gasteiger partial charge in [0, 0.05) is 0 Å². The number of aromatic amines is 1. The van der Waals surface area contributed by atoms with Crippen molar-refractivity contribution in [2.45, 2.75) is 6.61 Å². The Morgan fingerprint density at radius 1 is 1.38 bits per heavy atom. The average Bonchev–Trinajstić information content (AvgIpc) is 2.76. The van der Waals surface area contributed by atoms with Gasteiger partial charge >= 0.3 is 5.95 Å². The normalized spacial score (nSPS) is 10.0. The Bertz CT molecular complexity index is 481. The second-order valence-electron chi connectivity index (χ2n) is 3.07. The van der Waals surface area contributed by atoms with Crippen LogP contribution in [0.2, 0.25) is 0 Å². The molecule has 0 fully saturated rings. The Labute approximate surface area is 91.0 Å². The van der Waals surface area contributed by atoms with Crippen molar-refractivity contribution in [1.29, 1.82) is 0 Å². The summed E-state index contributed by atoms with van der Waals surface area (Å²) in [5.74, 6) is 0.430. The van der Waals surface area contributed by atoms with Gasteiger partial charge in [-0.15, -0.1) is 0 Å². The predicted molar refractivity (Wildman–Crippen MR) is 56.0 cm³/mol. The van der Waals surface area contributed by atoms with E-state index in [-0.39, 0.29) is 12.6 Å². The standard InChI is InChI=1S/C10H9N3O3/c14-13(15)10-11-6-8(12-10)7-16-9-4-2-1-3-5-9/h1-6H,7H2,(H,11,12). The van der Waals surface area contributed by atoms with Gasteiger partial charge < -0.3 is 14.9 Å². The van der Waals surface area contributed by atoms with Gasteiger partial charge in [-0.3, -0.25) is 0 Å². The van der Waals surface area contributed by atoms with E-state index in [1.807, 2.05) is 18.2 Å². The minimum atomic E-state index is -0.577. The lowest BCUT2D eigenvalue weighted by Crippen LogP contribution is -1.96. The van der Waals surface area contributed by atoms with E-state index in [4.69, 9.17) is 4.74 Å². The molecule has 82 valence electrons. The quantitative estimate of drug-likeness (QED) is 0.628. The van der Waals surface area contributed by atoms with Gasteiger partial charge in [0.2, 0.25) is 0 Å². The molecule has 2 aromatic rings. The number of para-hydroxylation sites is 1. The van der Waals surface area contributed by atoms with Crippen LogP contribution < -0.4 is 4.74 Å². The van der Waals surface area contributed by atoms with Gasteiger partial charge in [-0.05, 0) is 17.1 Å². The average molecular weight is 219 g/mol. The van der Waals surface area contributed by atoms with Crippen LogP contribution in [0.1, 0.15) is 5.69 Å². The number of rotatable bonds is 4. The van der Waals surface area contributed by atoms with Crippen LogP contribution in [0.5, 0.6) is 5.75 Å². The summed E-state index contributed by atoms with van der Waals surface area (Å²) in [5.41, 5.74) is 0.496. The molecule has 1 aromatic heterocycles. The maximum absolute atomic E-state index is 10.4. The molecule has 1 aromatic carbocycles. The van der Waals surface area contributed by atoms with Crippen LogP contribution in [0.3, 0.4) is 0 Å². The molecule has 1 N–H and O–H groups in total. The second kappa shape index (κ2) is 4.43. The zero-order chi connectivity index (χ0) is 11.4. The predicted octanol–water partition coefficient (Wildman–Crippen LogP) is 1.90. The minimum Gasteiger partial charge on any atom is -0.486 e. The molecule has 0 unspecified atom stereocenters. The van der Waals surface area contributed by atoms with Gasteiger partial charge in [0.05, 0.1) is 0 Å². The molecule has 0 aliphatic rings. The third kappa shape index (κ3) is 2.35. The third-order valence-corrected chi connectivity index (χ3v) is 1.92. The fraction of sp³-hybridized carbons (Fsp3) is 0.100. The Morgan fingerprint density at radius 2 is 2.12 bits per heavy atom. The lowest BCUT2D eigenvalue weighted by atomic mass is 10.3. The van der Waals surface area contributed by atoms with E-state index in [1.54, 1.807) is 12.1 Å². The summed E-state index contributed by atoms with van der Waals surface area (Å²) in [6, 6.07) is 9.19. The van der Waals surface area contributed by atoms with Gasteiger partial charge in [-0.25, -0.2) is 4.98 Å². The van der Waals surface area contributed by atoms with Crippen molar-refractivity contribution in [2.75, 3.05) is 0 Å². The molecule has 0 aliphatic carbocycles. The Kier molecular flexibility index (Phi) is 2.81. The molecular weight excluding hydrogens is 210 g/mol. The van der Waals surface area contributed by atoms with E-state index < -0.39 is 4.92 Å². The molecule has 0 radical (unpaired) electrons. The van der Waals surface area contributed by atoms with E-state index in [1.165, 1.54) is 6.20 Å². The smallest absolute Gasteiger partial charge is 0.432 e. The molecule has 16 heavy (non-hydrogen) atoms. The van der Waals surface area contributed by atoms with Crippen molar-refractivity contribution in [2.24, 2.45) is 0 Å². The molecule has 0 amide bonds. The monoisotopic (exact) mass is 219 g/mol. The topological polar surface area (TPSA) is 81.1 Å². The Morgan fingerprint density at radius 3 is 2.75 bits per heavy atom. The van der Waals surface area contributed by atoms with E-state index in [9.17, 15) is 10.1 Å². The minimum absolute atomic E-state index is 0.203. The summed E-state index contributed by atoms with van der Waals surface area (Å²) in [7, 11) is 0. The first kappa shape index (κ1) is 10.2. The molecule has 6 nitrogen and oxygen atoms in total. The highest BCUT2D eigenvalue weighted by atomic mass is 16.6. The van der Waals surface area contributed by atoms with Crippen LogP contribution in [-0.2, 0) is 6.61 Å². The number of imidazole rings is 1. The molecule has 0 saturated heterocycles. The van der Waals surface area contributed by atoms with Gasteiger partial charge in [-0.1, -0.05) is 23.2 Å². The van der Waals surface area contributed by atoms with Crippen molar-refractivity contribution in [3.05, 3.63) is 52.3 Å². The number of hydrogen-bond donors (Lipinski definition) is 1. The summed E-state index contributed by atoms with van der Waals surface area (Å²) < 4.78 is 5.38. The van der Waals surface area contributed by atoms with Gasteiger partial charge in [0.25, 0.3) is 0 Å². The number of aromatic nitrogens is 2. The third-order valence-electron chi connectivity index (χ3n) is 1.92. The zero-order valence-corrected chi connectivity index (χ0v) is 8.29. The van der Waals surface area contributed by atoms with Crippen molar-refractivity contribution in [3.63, 3.8) is 0 Å². The molecule has 1 heterocycles. The zero-order valence-electron chi connectivity index (χ0n) is 8.29. The lowest BCUT2D eigenvalue weighted by Gasteiger charge is -2.00. The van der Waals surface area contributed by atoms with Crippen molar-refractivity contribution >= 4 is 5.95 Å². The van der Waals surface area contributed by atoms with Crippen LogP contribution in [0.25, 0.3) is 0 Å². The number of nitrogens with one attached hydrogen (secondary N) is 1. The highest BCUT2D eigenvalue weighted by Gasteiger charge is 2.11. The van der Waals surface area contributed by atoms with E-state index in [0.717, 1.165) is 0 Å². The van der Waals surface area contributed by atoms with Gasteiger partial charge in [0.1, 0.15) is 18.6 Å². The second-order valence-corrected chi connectivity index (χ2v) is 3.07. The molecule has 0 atom stereocenters. The molecular formula is C10H9N3O3. The maximum atomic E-state index is 10.4. The van der Waals surface area contributed by atoms with Gasteiger partial charge in [-0.2, -0.15) is 0 Å². The lowest BCUT2D eigenvalue weighted by molar-refractivity contribution is -0.393. The van der Waals surface area contributed by atoms with Crippen LogP contribution >= 0.6 is 0 Å².